The highest BCUT2D eigenvalue weighted by atomic mass is 16.4. The first kappa shape index (κ1) is 15.8. The van der Waals surface area contributed by atoms with Gasteiger partial charge in [0.15, 0.2) is 0 Å². The van der Waals surface area contributed by atoms with Crippen LogP contribution in [-0.4, -0.2) is 72.7 Å². The molecular weight excluding hydrogens is 188 g/mol. The van der Waals surface area contributed by atoms with Crippen LogP contribution in [0.2, 0.25) is 0 Å². The molecule has 0 aromatic rings. The van der Waals surface area contributed by atoms with Crippen LogP contribution in [0.5, 0.6) is 0 Å². The second-order valence-corrected chi connectivity index (χ2v) is 3.86. The van der Waals surface area contributed by atoms with Gasteiger partial charge in [0, 0.05) is 0 Å². The van der Waals surface area contributed by atoms with Gasteiger partial charge in [-0.3, -0.25) is 4.79 Å². The van der Waals surface area contributed by atoms with Crippen molar-refractivity contribution in [2.75, 3.05) is 40.9 Å². The van der Waals surface area contributed by atoms with Crippen molar-refractivity contribution in [1.82, 2.24) is 0 Å². The molecule has 0 fully saturated rings. The van der Waals surface area contributed by atoms with Crippen LogP contribution in [0.3, 0.4) is 0 Å². The molecule has 1 atom stereocenters. The van der Waals surface area contributed by atoms with E-state index < -0.39 is 18.6 Å². The largest absolute Gasteiger partial charge is 0.480 e. The molecule has 0 unspecified atom stereocenters. The Kier molecular flexibility index (Phi) is 8.66. The number of rotatable bonds is 4. The van der Waals surface area contributed by atoms with E-state index in [1.807, 2.05) is 0 Å². The highest BCUT2D eigenvalue weighted by Crippen LogP contribution is 1.84. The van der Waals surface area contributed by atoms with E-state index in [1.54, 1.807) is 0 Å². The van der Waals surface area contributed by atoms with Gasteiger partial charge < -0.3 is 25.5 Å². The van der Waals surface area contributed by atoms with Crippen molar-refractivity contribution in [3.8, 4) is 0 Å². The van der Waals surface area contributed by atoms with E-state index >= 15 is 0 Å². The van der Waals surface area contributed by atoms with Crippen LogP contribution in [0.1, 0.15) is 0 Å². The highest BCUT2D eigenvalue weighted by Gasteiger charge is 2.07. The van der Waals surface area contributed by atoms with E-state index in [0.717, 1.165) is 11.0 Å². The van der Waals surface area contributed by atoms with Crippen molar-refractivity contribution in [3.05, 3.63) is 0 Å². The Morgan fingerprint density at radius 2 is 1.79 bits per heavy atom. The minimum absolute atomic E-state index is 0.281. The topological polar surface area (TPSA) is 104 Å². The molecule has 86 valence electrons. The first-order valence-electron chi connectivity index (χ1n) is 4.25. The average molecular weight is 209 g/mol. The molecule has 0 saturated heterocycles. The third kappa shape index (κ3) is 13.9. The monoisotopic (exact) mass is 209 g/mol. The van der Waals surface area contributed by atoms with Gasteiger partial charge >= 0.3 is 5.97 Å². The number of hydrogen-bond donors (Lipinski definition) is 4. The third-order valence-corrected chi connectivity index (χ3v) is 1.28. The number of aliphatic carboxylic acids is 1. The summed E-state index contributed by atoms with van der Waals surface area (Å²) in [4.78, 5) is 9.65. The smallest absolute Gasteiger partial charge is 0.322 e. The summed E-state index contributed by atoms with van der Waals surface area (Å²) in [7, 11) is 6.16. The maximum absolute atomic E-state index is 9.65. The van der Waals surface area contributed by atoms with Crippen LogP contribution in [-0.2, 0) is 4.79 Å². The molecule has 0 radical (unpaired) electrons. The number of aliphatic hydroxyl groups excluding tert-OH is 2. The Hall–Kier alpha value is -0.690. The summed E-state index contributed by atoms with van der Waals surface area (Å²) in [6.45, 7) is 0.610. The average Bonchev–Trinajstić information content (AvgIpc) is 2.01. The fourth-order valence-electron chi connectivity index (χ4n) is 0.378. The van der Waals surface area contributed by atoms with E-state index in [4.69, 9.17) is 21.1 Å². The van der Waals surface area contributed by atoms with Gasteiger partial charge in [-0.2, -0.15) is 0 Å². The molecule has 0 aromatic carbocycles. The van der Waals surface area contributed by atoms with Crippen LogP contribution in [0.15, 0.2) is 0 Å². The molecule has 0 rings (SSSR count). The predicted octanol–water partition coefficient (Wildman–Crippen LogP) is -1.92. The summed E-state index contributed by atoms with van der Waals surface area (Å²) in [5, 5.41) is 24.3. The molecule has 5 N–H and O–H groups in total. The van der Waals surface area contributed by atoms with Gasteiger partial charge in [0.2, 0.25) is 0 Å². The zero-order chi connectivity index (χ0) is 11.8. The molecule has 14 heavy (non-hydrogen) atoms. The number of carboxylic acid groups (broad SMARTS) is 1. The molecular formula is C8H21N2O4+. The van der Waals surface area contributed by atoms with Gasteiger partial charge in [-0.1, -0.05) is 0 Å². The van der Waals surface area contributed by atoms with Crippen LogP contribution in [0, 0.1) is 0 Å². The van der Waals surface area contributed by atoms with Gasteiger partial charge in [0.1, 0.15) is 12.6 Å². The second kappa shape index (κ2) is 7.69. The van der Waals surface area contributed by atoms with Crippen molar-refractivity contribution in [2.24, 2.45) is 5.73 Å². The maximum atomic E-state index is 9.65. The van der Waals surface area contributed by atoms with Gasteiger partial charge in [-0.05, 0) is 0 Å². The fraction of sp³-hybridized carbons (Fsp3) is 0.875. The van der Waals surface area contributed by atoms with Crippen molar-refractivity contribution in [2.45, 2.75) is 6.04 Å². The van der Waals surface area contributed by atoms with Gasteiger partial charge in [0.05, 0.1) is 34.4 Å². The summed E-state index contributed by atoms with van der Waals surface area (Å²) < 4.78 is 0.844. The van der Waals surface area contributed by atoms with E-state index in [1.165, 1.54) is 0 Å². The summed E-state index contributed by atoms with van der Waals surface area (Å²) in [5.74, 6) is -1.18. The van der Waals surface area contributed by atoms with E-state index in [9.17, 15) is 4.79 Å². The number of nitrogens with zero attached hydrogens (tertiary/aromatic N) is 1. The van der Waals surface area contributed by atoms with Crippen molar-refractivity contribution >= 4 is 5.97 Å². The number of likely N-dealkylation sites (N-methyl/N-ethyl adjacent to an activating group) is 1. The molecule has 0 spiro atoms. The van der Waals surface area contributed by atoms with Crippen LogP contribution >= 0.6 is 0 Å². The van der Waals surface area contributed by atoms with Crippen LogP contribution in [0.4, 0.5) is 0 Å². The zero-order valence-corrected chi connectivity index (χ0v) is 8.97. The molecule has 6 heteroatoms. The molecule has 0 heterocycles. The molecule has 0 bridgehead atoms. The molecule has 6 nitrogen and oxygen atoms in total. The van der Waals surface area contributed by atoms with E-state index in [2.05, 4.69) is 21.1 Å². The van der Waals surface area contributed by atoms with Crippen molar-refractivity contribution in [1.29, 1.82) is 0 Å². The molecule has 0 aliphatic rings. The predicted molar refractivity (Wildman–Crippen MR) is 52.7 cm³/mol. The quantitative estimate of drug-likeness (QED) is 0.404. The number of quaternary nitrogens is 1. The fourth-order valence-corrected chi connectivity index (χ4v) is 0.378. The first-order chi connectivity index (χ1) is 6.24. The summed E-state index contributed by atoms with van der Waals surface area (Å²) in [6, 6.07) is -1.13. The Labute approximate surface area is 84.2 Å². The lowest BCUT2D eigenvalue weighted by Gasteiger charge is -2.21. The molecule has 0 aliphatic heterocycles. The molecule has 0 amide bonds. The lowest BCUT2D eigenvalue weighted by molar-refractivity contribution is -0.870. The van der Waals surface area contributed by atoms with E-state index in [-0.39, 0.29) is 6.61 Å². The maximum Gasteiger partial charge on any atom is 0.322 e. The lowest BCUT2D eigenvalue weighted by Crippen LogP contribution is -2.36. The Bertz CT molecular complexity index is 156. The van der Waals surface area contributed by atoms with Gasteiger partial charge in [-0.25, -0.2) is 0 Å². The Balaban J connectivity index is 0. The number of carboxylic acids is 1. The van der Waals surface area contributed by atoms with Crippen molar-refractivity contribution in [3.63, 3.8) is 0 Å². The van der Waals surface area contributed by atoms with Gasteiger partial charge in [0.25, 0.3) is 0 Å². The second-order valence-electron chi connectivity index (χ2n) is 3.86. The van der Waals surface area contributed by atoms with Crippen LogP contribution in [0.25, 0.3) is 0 Å². The molecule has 0 aliphatic carbocycles. The normalized spacial score (nSPS) is 12.7. The third-order valence-electron chi connectivity index (χ3n) is 1.28. The van der Waals surface area contributed by atoms with Gasteiger partial charge in [-0.15, -0.1) is 0 Å². The minimum Gasteiger partial charge on any atom is -0.480 e. The standard InChI is InChI=1S/C5H14NO.C3H7NO3/c1-6(2,3)4-5-7;4-2(1-5)3(6)7/h7H,4-5H2,1-3H3;2,5H,1,4H2,(H,6,7)/q+1;/t;2-/m.0/s1. The number of hydrogen-bond acceptors (Lipinski definition) is 4. The highest BCUT2D eigenvalue weighted by molar-refractivity contribution is 5.73. The molecule has 0 saturated carbocycles. The van der Waals surface area contributed by atoms with E-state index in [0.29, 0.717) is 0 Å². The Morgan fingerprint density at radius 1 is 1.36 bits per heavy atom. The summed E-state index contributed by atoms with van der Waals surface area (Å²) in [6.07, 6.45) is 0. The van der Waals surface area contributed by atoms with Crippen molar-refractivity contribution < 1.29 is 24.6 Å². The summed E-state index contributed by atoms with van der Waals surface area (Å²) >= 11 is 0. The Morgan fingerprint density at radius 3 is 1.79 bits per heavy atom. The SMILES string of the molecule is C[N+](C)(C)CCO.N[C@@H](CO)C(=O)O. The summed E-state index contributed by atoms with van der Waals surface area (Å²) in [5.41, 5.74) is 4.77. The first-order valence-corrected chi connectivity index (χ1v) is 4.25. The number of aliphatic hydroxyl groups is 2. The zero-order valence-electron chi connectivity index (χ0n) is 8.97. The number of nitrogens with two attached hydrogens (primary N) is 1. The minimum atomic E-state index is -1.18. The van der Waals surface area contributed by atoms with Crippen LogP contribution < -0.4 is 5.73 Å². The number of carbonyl (C=O) groups is 1. The molecule has 0 aromatic heterocycles. The lowest BCUT2D eigenvalue weighted by atomic mass is 10.3.